The highest BCUT2D eigenvalue weighted by Gasteiger charge is 2.29. The first-order valence-electron chi connectivity index (χ1n) is 8.49. The van der Waals surface area contributed by atoms with Gasteiger partial charge in [-0.1, -0.05) is 25.1 Å². The van der Waals surface area contributed by atoms with Gasteiger partial charge in [0.1, 0.15) is 5.82 Å². The predicted octanol–water partition coefficient (Wildman–Crippen LogP) is 3.60. The monoisotopic (exact) mass is 362 g/mol. The molecule has 0 heterocycles. The zero-order chi connectivity index (χ0) is 17.1. The Kier molecular flexibility index (Phi) is 6.57. The molecule has 0 fully saturated rings. The average molecular weight is 363 g/mol. The van der Waals surface area contributed by atoms with Crippen LogP contribution in [0.15, 0.2) is 42.5 Å². The van der Waals surface area contributed by atoms with Crippen LogP contribution in [-0.4, -0.2) is 18.5 Å². The fourth-order valence-corrected chi connectivity index (χ4v) is 3.68. The molecule has 0 aliphatic heterocycles. The lowest BCUT2D eigenvalue weighted by Gasteiger charge is -2.34. The SMILES string of the molecule is CCNC1CCc2ccc(C(N)=O)cc2C1Cc1ccc(F)cc1.Cl. The van der Waals surface area contributed by atoms with E-state index in [4.69, 9.17) is 5.73 Å². The van der Waals surface area contributed by atoms with Crippen molar-refractivity contribution in [3.63, 3.8) is 0 Å². The van der Waals surface area contributed by atoms with Crippen molar-refractivity contribution in [3.8, 4) is 0 Å². The number of likely N-dealkylation sites (N-methyl/N-ethyl adjacent to an activating group) is 1. The van der Waals surface area contributed by atoms with Crippen molar-refractivity contribution in [3.05, 3.63) is 70.5 Å². The molecule has 0 bridgehead atoms. The van der Waals surface area contributed by atoms with Gasteiger partial charge in [-0.3, -0.25) is 4.79 Å². The van der Waals surface area contributed by atoms with Crippen molar-refractivity contribution < 1.29 is 9.18 Å². The van der Waals surface area contributed by atoms with E-state index >= 15 is 0 Å². The number of fused-ring (bicyclic) bond motifs is 1. The summed E-state index contributed by atoms with van der Waals surface area (Å²) in [4.78, 5) is 11.6. The molecule has 0 spiro atoms. The average Bonchev–Trinajstić information content (AvgIpc) is 2.58. The van der Waals surface area contributed by atoms with Gasteiger partial charge in [0.15, 0.2) is 0 Å². The van der Waals surface area contributed by atoms with Crippen molar-refractivity contribution in [2.75, 3.05) is 6.54 Å². The molecule has 0 saturated carbocycles. The van der Waals surface area contributed by atoms with Crippen LogP contribution >= 0.6 is 12.4 Å². The van der Waals surface area contributed by atoms with Crippen molar-refractivity contribution in [1.29, 1.82) is 0 Å². The maximum Gasteiger partial charge on any atom is 0.248 e. The summed E-state index contributed by atoms with van der Waals surface area (Å²) in [5.41, 5.74) is 9.58. The van der Waals surface area contributed by atoms with Crippen molar-refractivity contribution in [2.45, 2.75) is 38.1 Å². The van der Waals surface area contributed by atoms with Crippen LogP contribution in [-0.2, 0) is 12.8 Å². The molecule has 2 aromatic rings. The Labute approximate surface area is 154 Å². The number of halogens is 2. The highest BCUT2D eigenvalue weighted by Crippen LogP contribution is 2.35. The summed E-state index contributed by atoms with van der Waals surface area (Å²) in [6.07, 6.45) is 2.86. The lowest BCUT2D eigenvalue weighted by atomic mass is 9.75. The summed E-state index contributed by atoms with van der Waals surface area (Å²) in [5, 5.41) is 3.57. The molecular formula is C20H24ClFN2O. The van der Waals surface area contributed by atoms with Crippen LogP contribution in [0.25, 0.3) is 0 Å². The summed E-state index contributed by atoms with van der Waals surface area (Å²) in [6, 6.07) is 12.8. The maximum absolute atomic E-state index is 13.2. The second-order valence-electron chi connectivity index (χ2n) is 6.42. The first-order valence-corrected chi connectivity index (χ1v) is 8.49. The summed E-state index contributed by atoms with van der Waals surface area (Å²) < 4.78 is 13.2. The number of amides is 1. The fraction of sp³-hybridized carbons (Fsp3) is 0.350. The number of hydrogen-bond donors (Lipinski definition) is 2. The topological polar surface area (TPSA) is 55.1 Å². The van der Waals surface area contributed by atoms with E-state index in [0.29, 0.717) is 11.6 Å². The normalized spacial score (nSPS) is 19.0. The molecule has 1 aliphatic rings. The molecule has 25 heavy (non-hydrogen) atoms. The Hall–Kier alpha value is -1.91. The highest BCUT2D eigenvalue weighted by molar-refractivity contribution is 5.93. The Balaban J connectivity index is 0.00000225. The molecule has 134 valence electrons. The molecule has 0 saturated heterocycles. The smallest absolute Gasteiger partial charge is 0.248 e. The van der Waals surface area contributed by atoms with Crippen molar-refractivity contribution in [2.24, 2.45) is 5.73 Å². The summed E-state index contributed by atoms with van der Waals surface area (Å²) in [6.45, 7) is 3.00. The number of nitrogens with one attached hydrogen (secondary N) is 1. The minimum atomic E-state index is -0.399. The Morgan fingerprint density at radius 2 is 1.96 bits per heavy atom. The van der Waals surface area contributed by atoms with Gasteiger partial charge in [-0.2, -0.15) is 0 Å². The lowest BCUT2D eigenvalue weighted by molar-refractivity contribution is 0.1000. The third kappa shape index (κ3) is 4.39. The van der Waals surface area contributed by atoms with E-state index in [-0.39, 0.29) is 24.1 Å². The minimum absolute atomic E-state index is 0. The van der Waals surface area contributed by atoms with Gasteiger partial charge in [-0.25, -0.2) is 4.39 Å². The second-order valence-corrected chi connectivity index (χ2v) is 6.42. The number of carbonyl (C=O) groups is 1. The Morgan fingerprint density at radius 1 is 1.24 bits per heavy atom. The van der Waals surface area contributed by atoms with E-state index in [1.165, 1.54) is 23.3 Å². The molecule has 5 heteroatoms. The van der Waals surface area contributed by atoms with Gasteiger partial charge in [-0.05, 0) is 66.8 Å². The van der Waals surface area contributed by atoms with Crippen molar-refractivity contribution in [1.82, 2.24) is 5.32 Å². The largest absolute Gasteiger partial charge is 0.366 e. The van der Waals surface area contributed by atoms with Crippen molar-refractivity contribution >= 4 is 18.3 Å². The number of nitrogens with two attached hydrogens (primary N) is 1. The zero-order valence-corrected chi connectivity index (χ0v) is 15.1. The van der Waals surface area contributed by atoms with Gasteiger partial charge in [0.2, 0.25) is 5.91 Å². The number of carbonyl (C=O) groups excluding carboxylic acids is 1. The van der Waals surface area contributed by atoms with Gasteiger partial charge in [0.05, 0.1) is 0 Å². The van der Waals surface area contributed by atoms with Crippen LogP contribution in [0.1, 0.15) is 46.3 Å². The zero-order valence-electron chi connectivity index (χ0n) is 14.3. The molecule has 1 aliphatic carbocycles. The van der Waals surface area contributed by atoms with E-state index in [1.54, 1.807) is 0 Å². The van der Waals surface area contributed by atoms with E-state index < -0.39 is 5.91 Å². The standard InChI is InChI=1S/C20H23FN2O.ClH/c1-2-23-19-10-7-14-5-6-15(20(22)24)12-17(14)18(19)11-13-3-8-16(21)9-4-13;/h3-6,8-9,12,18-19,23H,2,7,10-11H2,1H3,(H2,22,24);1H. The first-order chi connectivity index (χ1) is 11.6. The summed E-state index contributed by atoms with van der Waals surface area (Å²) in [7, 11) is 0. The summed E-state index contributed by atoms with van der Waals surface area (Å²) >= 11 is 0. The quantitative estimate of drug-likeness (QED) is 0.853. The van der Waals surface area contributed by atoms with E-state index in [1.807, 2.05) is 30.3 Å². The van der Waals surface area contributed by atoms with Gasteiger partial charge in [0.25, 0.3) is 0 Å². The first kappa shape index (κ1) is 19.4. The maximum atomic E-state index is 13.2. The van der Waals surface area contributed by atoms with E-state index in [0.717, 1.165) is 31.4 Å². The van der Waals surface area contributed by atoms with Gasteiger partial charge >= 0.3 is 0 Å². The molecule has 3 nitrogen and oxygen atoms in total. The van der Waals surface area contributed by atoms with Gasteiger partial charge < -0.3 is 11.1 Å². The van der Waals surface area contributed by atoms with Crippen LogP contribution in [0, 0.1) is 5.82 Å². The lowest BCUT2D eigenvalue weighted by Crippen LogP contribution is -2.39. The molecule has 2 aromatic carbocycles. The van der Waals surface area contributed by atoms with Crippen LogP contribution in [0.5, 0.6) is 0 Å². The Morgan fingerprint density at radius 3 is 2.60 bits per heavy atom. The second kappa shape index (κ2) is 8.45. The third-order valence-electron chi connectivity index (χ3n) is 4.88. The molecule has 3 N–H and O–H groups in total. The number of primary amides is 1. The molecule has 3 rings (SSSR count). The third-order valence-corrected chi connectivity index (χ3v) is 4.88. The number of rotatable bonds is 5. The fourth-order valence-electron chi connectivity index (χ4n) is 3.68. The molecule has 2 unspecified atom stereocenters. The van der Waals surface area contributed by atoms with Crippen LogP contribution in [0.2, 0.25) is 0 Å². The molecular weight excluding hydrogens is 339 g/mol. The van der Waals surface area contributed by atoms with Crippen LogP contribution < -0.4 is 11.1 Å². The minimum Gasteiger partial charge on any atom is -0.366 e. The molecule has 0 radical (unpaired) electrons. The van der Waals surface area contributed by atoms with Crippen LogP contribution in [0.3, 0.4) is 0 Å². The van der Waals surface area contributed by atoms with Gasteiger partial charge in [0, 0.05) is 17.5 Å². The number of hydrogen-bond acceptors (Lipinski definition) is 2. The van der Waals surface area contributed by atoms with E-state index in [9.17, 15) is 9.18 Å². The number of aryl methyl sites for hydroxylation is 1. The molecule has 0 aromatic heterocycles. The van der Waals surface area contributed by atoms with Gasteiger partial charge in [-0.15, -0.1) is 12.4 Å². The molecule has 2 atom stereocenters. The number of benzene rings is 2. The molecule has 1 amide bonds. The van der Waals surface area contributed by atoms with E-state index in [2.05, 4.69) is 12.2 Å². The van der Waals surface area contributed by atoms with Crippen LogP contribution in [0.4, 0.5) is 4.39 Å². The summed E-state index contributed by atoms with van der Waals surface area (Å²) in [5.74, 6) is -0.371. The highest BCUT2D eigenvalue weighted by atomic mass is 35.5. The Bertz CT molecular complexity index is 733. The predicted molar refractivity (Wildman–Crippen MR) is 101 cm³/mol.